The predicted octanol–water partition coefficient (Wildman–Crippen LogP) is 5.99. The molecule has 0 radical (unpaired) electrons. The van der Waals surface area contributed by atoms with E-state index in [1.807, 2.05) is 54.6 Å². The molecule has 29 heavy (non-hydrogen) atoms. The molecule has 0 unspecified atom stereocenters. The second-order valence-electron chi connectivity index (χ2n) is 6.99. The minimum atomic E-state index is -0.489. The highest BCUT2D eigenvalue weighted by Gasteiger charge is 2.33. The summed E-state index contributed by atoms with van der Waals surface area (Å²) in [4.78, 5) is 18.5. The third kappa shape index (κ3) is 3.24. The lowest BCUT2D eigenvalue weighted by Gasteiger charge is -2.20. The fourth-order valence-corrected chi connectivity index (χ4v) is 4.70. The molecule has 0 bridgehead atoms. The summed E-state index contributed by atoms with van der Waals surface area (Å²) in [5, 5.41) is 1.28. The number of hydrogen-bond donors (Lipinski definition) is 0. The van der Waals surface area contributed by atoms with Gasteiger partial charge in [0.15, 0.2) is 0 Å². The second-order valence-corrected chi connectivity index (χ2v) is 8.29. The Labute approximate surface area is 182 Å². The van der Waals surface area contributed by atoms with E-state index < -0.39 is 6.09 Å². The van der Waals surface area contributed by atoms with Gasteiger partial charge in [-0.15, -0.1) is 0 Å². The highest BCUT2D eigenvalue weighted by molar-refractivity contribution is 14.1. The molecule has 1 amide bonds. The highest BCUT2D eigenvalue weighted by atomic mass is 127. The summed E-state index contributed by atoms with van der Waals surface area (Å²) >= 11 is 2.22. The summed E-state index contributed by atoms with van der Waals surface area (Å²) in [6.07, 6.45) is -0.489. The van der Waals surface area contributed by atoms with E-state index in [1.165, 1.54) is 27.3 Å². The Morgan fingerprint density at radius 2 is 1.52 bits per heavy atom. The normalized spacial score (nSPS) is 15.4. The van der Waals surface area contributed by atoms with Crippen LogP contribution < -0.4 is 0 Å². The number of hydroxylamine groups is 2. The fourth-order valence-electron chi connectivity index (χ4n) is 4.03. The van der Waals surface area contributed by atoms with Crippen molar-refractivity contribution < 1.29 is 14.4 Å². The van der Waals surface area contributed by atoms with Gasteiger partial charge in [-0.1, -0.05) is 78.9 Å². The van der Waals surface area contributed by atoms with Crippen molar-refractivity contribution in [3.8, 4) is 11.1 Å². The molecule has 5 rings (SSSR count). The maximum absolute atomic E-state index is 12.9. The molecular formula is C24H18INO3. The van der Waals surface area contributed by atoms with Gasteiger partial charge >= 0.3 is 6.09 Å². The highest BCUT2D eigenvalue weighted by Crippen LogP contribution is 2.44. The second kappa shape index (κ2) is 7.65. The molecule has 0 aromatic heterocycles. The fraction of sp³-hybridized carbons (Fsp3) is 0.125. The van der Waals surface area contributed by atoms with E-state index in [0.29, 0.717) is 6.61 Å². The van der Waals surface area contributed by atoms with Crippen molar-refractivity contribution in [2.75, 3.05) is 13.2 Å². The van der Waals surface area contributed by atoms with Gasteiger partial charge in [-0.3, -0.25) is 4.84 Å². The Morgan fingerprint density at radius 1 is 0.931 bits per heavy atom. The van der Waals surface area contributed by atoms with Crippen LogP contribution in [0.1, 0.15) is 22.6 Å². The number of carbonyl (C=O) groups is 1. The van der Waals surface area contributed by atoms with E-state index in [-0.39, 0.29) is 12.5 Å². The molecule has 2 aliphatic rings. The topological polar surface area (TPSA) is 38.8 Å². The van der Waals surface area contributed by atoms with E-state index in [4.69, 9.17) is 9.57 Å². The van der Waals surface area contributed by atoms with Crippen LogP contribution in [0.5, 0.6) is 0 Å². The van der Waals surface area contributed by atoms with Crippen molar-refractivity contribution in [3.05, 3.63) is 99.1 Å². The van der Waals surface area contributed by atoms with Gasteiger partial charge < -0.3 is 4.74 Å². The molecule has 144 valence electrons. The van der Waals surface area contributed by atoms with Gasteiger partial charge in [-0.25, -0.2) is 4.79 Å². The number of carbonyl (C=O) groups excluding carboxylic acids is 1. The van der Waals surface area contributed by atoms with Crippen LogP contribution in [-0.2, 0) is 9.57 Å². The lowest BCUT2D eigenvalue weighted by atomic mass is 9.98. The molecule has 3 aromatic rings. The standard InChI is InChI=1S/C24H18INO3/c25-22-15-29-26(23(22)16-8-2-1-3-9-16)24(27)28-14-21-19-12-6-4-10-17(19)18-11-5-7-13-20(18)21/h1-13,21H,14-15H2. The third-order valence-corrected chi connectivity index (χ3v) is 6.15. The molecule has 0 atom stereocenters. The number of benzene rings is 3. The molecule has 1 aliphatic heterocycles. The molecule has 4 nitrogen and oxygen atoms in total. The van der Waals surface area contributed by atoms with E-state index >= 15 is 0 Å². The Kier molecular flexibility index (Phi) is 4.85. The summed E-state index contributed by atoms with van der Waals surface area (Å²) in [7, 11) is 0. The van der Waals surface area contributed by atoms with E-state index in [1.54, 1.807) is 0 Å². The van der Waals surface area contributed by atoms with Crippen LogP contribution in [0.2, 0.25) is 0 Å². The zero-order chi connectivity index (χ0) is 19.8. The molecule has 1 heterocycles. The van der Waals surface area contributed by atoms with E-state index in [0.717, 1.165) is 14.8 Å². The van der Waals surface area contributed by atoms with Crippen molar-refractivity contribution >= 4 is 34.4 Å². The molecule has 5 heteroatoms. The molecule has 0 N–H and O–H groups in total. The first kappa shape index (κ1) is 18.4. The molecule has 0 spiro atoms. The minimum absolute atomic E-state index is 0.0252. The number of hydrogen-bond acceptors (Lipinski definition) is 3. The van der Waals surface area contributed by atoms with Crippen molar-refractivity contribution in [2.24, 2.45) is 0 Å². The molecule has 0 fully saturated rings. The van der Waals surface area contributed by atoms with Crippen LogP contribution in [0.4, 0.5) is 4.79 Å². The largest absolute Gasteiger partial charge is 0.447 e. The van der Waals surface area contributed by atoms with Gasteiger partial charge in [0, 0.05) is 15.1 Å². The van der Waals surface area contributed by atoms with Crippen LogP contribution in [-0.4, -0.2) is 24.4 Å². The summed E-state index contributed by atoms with van der Waals surface area (Å²) < 4.78 is 6.72. The van der Waals surface area contributed by atoms with Gasteiger partial charge in [-0.2, -0.15) is 5.06 Å². The lowest BCUT2D eigenvalue weighted by Crippen LogP contribution is -2.28. The van der Waals surface area contributed by atoms with Crippen LogP contribution in [0, 0.1) is 0 Å². The first-order chi connectivity index (χ1) is 14.2. The zero-order valence-corrected chi connectivity index (χ0v) is 17.7. The number of halogens is 1. The average molecular weight is 495 g/mol. The number of rotatable bonds is 3. The van der Waals surface area contributed by atoms with E-state index in [2.05, 4.69) is 46.9 Å². The number of amides is 1. The molecule has 3 aromatic carbocycles. The average Bonchev–Trinajstić information content (AvgIpc) is 3.31. The number of fused-ring (bicyclic) bond motifs is 3. The Bertz CT molecular complexity index is 1060. The van der Waals surface area contributed by atoms with Crippen LogP contribution in [0.15, 0.2) is 82.4 Å². The molecule has 0 saturated carbocycles. The smallest absolute Gasteiger partial charge is 0.438 e. The van der Waals surface area contributed by atoms with Gasteiger partial charge in [0.25, 0.3) is 0 Å². The maximum Gasteiger partial charge on any atom is 0.438 e. The SMILES string of the molecule is O=C(OCC1c2ccccc2-c2ccccc21)N1OCC(I)=C1c1ccccc1. The first-order valence-corrected chi connectivity index (χ1v) is 10.5. The molecular weight excluding hydrogens is 477 g/mol. The van der Waals surface area contributed by atoms with Gasteiger partial charge in [0.05, 0.1) is 5.70 Å². The molecule has 0 saturated heterocycles. The summed E-state index contributed by atoms with van der Waals surface area (Å²) in [6, 6.07) is 26.4. The van der Waals surface area contributed by atoms with Crippen molar-refractivity contribution in [1.82, 2.24) is 5.06 Å². The zero-order valence-electron chi connectivity index (χ0n) is 15.5. The monoisotopic (exact) mass is 495 g/mol. The van der Waals surface area contributed by atoms with Crippen LogP contribution in [0.25, 0.3) is 16.8 Å². The number of nitrogens with zero attached hydrogens (tertiary/aromatic N) is 1. The van der Waals surface area contributed by atoms with Gasteiger partial charge in [-0.05, 0) is 44.8 Å². The van der Waals surface area contributed by atoms with Gasteiger partial charge in [0.2, 0.25) is 0 Å². The quantitative estimate of drug-likeness (QED) is 0.420. The van der Waals surface area contributed by atoms with Crippen molar-refractivity contribution in [3.63, 3.8) is 0 Å². The first-order valence-electron chi connectivity index (χ1n) is 9.46. The van der Waals surface area contributed by atoms with Crippen molar-refractivity contribution in [2.45, 2.75) is 5.92 Å². The Morgan fingerprint density at radius 3 is 2.17 bits per heavy atom. The molecule has 1 aliphatic carbocycles. The van der Waals surface area contributed by atoms with E-state index in [9.17, 15) is 4.79 Å². The van der Waals surface area contributed by atoms with Gasteiger partial charge in [0.1, 0.15) is 13.2 Å². The summed E-state index contributed by atoms with van der Waals surface area (Å²) in [6.45, 7) is 0.639. The third-order valence-electron chi connectivity index (χ3n) is 5.33. The van der Waals surface area contributed by atoms with Crippen molar-refractivity contribution in [1.29, 1.82) is 0 Å². The maximum atomic E-state index is 12.9. The Hall–Kier alpha value is -2.64. The lowest BCUT2D eigenvalue weighted by molar-refractivity contribution is -0.0678. The predicted molar refractivity (Wildman–Crippen MR) is 120 cm³/mol. The summed E-state index contributed by atoms with van der Waals surface area (Å²) in [5.74, 6) is 0.0252. The van der Waals surface area contributed by atoms with Crippen LogP contribution >= 0.6 is 22.6 Å². The number of ether oxygens (including phenoxy) is 1. The Balaban J connectivity index is 1.38. The summed E-state index contributed by atoms with van der Waals surface area (Å²) in [5.41, 5.74) is 6.49. The minimum Gasteiger partial charge on any atom is -0.447 e. The van der Waals surface area contributed by atoms with Crippen LogP contribution in [0.3, 0.4) is 0 Å².